The highest BCUT2D eigenvalue weighted by Crippen LogP contribution is 2.14. The molecule has 0 unspecified atom stereocenters. The molecular formula is C14H26Cl2N4OS. The summed E-state index contributed by atoms with van der Waals surface area (Å²) >= 11 is 1.58. The number of nitrogens with zero attached hydrogens (tertiary/aromatic N) is 2. The molecule has 0 aromatic carbocycles. The van der Waals surface area contributed by atoms with Crippen molar-refractivity contribution < 1.29 is 4.79 Å². The van der Waals surface area contributed by atoms with Crippen LogP contribution >= 0.6 is 36.2 Å². The van der Waals surface area contributed by atoms with Gasteiger partial charge in [-0.2, -0.15) is 0 Å². The van der Waals surface area contributed by atoms with Gasteiger partial charge in [0.15, 0.2) is 0 Å². The van der Waals surface area contributed by atoms with Gasteiger partial charge >= 0.3 is 0 Å². The molecule has 1 amide bonds. The molecule has 128 valence electrons. The highest BCUT2D eigenvalue weighted by atomic mass is 35.5. The van der Waals surface area contributed by atoms with Gasteiger partial charge in [-0.15, -0.1) is 36.2 Å². The Bertz CT molecular complexity index is 436. The Morgan fingerprint density at radius 2 is 2.09 bits per heavy atom. The van der Waals surface area contributed by atoms with Gasteiger partial charge in [-0.05, 0) is 5.92 Å². The SMILES string of the molecule is CC(C)Cc1nc(C(=O)NCCN2CCNCC2)cs1.Cl.Cl. The van der Waals surface area contributed by atoms with E-state index in [-0.39, 0.29) is 30.7 Å². The van der Waals surface area contributed by atoms with Crippen LogP contribution in [0.15, 0.2) is 5.38 Å². The van der Waals surface area contributed by atoms with Crippen LogP contribution in [0.5, 0.6) is 0 Å². The maximum Gasteiger partial charge on any atom is 0.270 e. The standard InChI is InChI=1S/C14H24N4OS.2ClH/c1-11(2)9-13-17-12(10-20-13)14(19)16-5-8-18-6-3-15-4-7-18;;/h10-11,15H,3-9H2,1-2H3,(H,16,19);2*1H. The van der Waals surface area contributed by atoms with Crippen LogP contribution < -0.4 is 10.6 Å². The number of aromatic nitrogens is 1. The Morgan fingerprint density at radius 3 is 2.73 bits per heavy atom. The van der Waals surface area contributed by atoms with Gasteiger partial charge in [0.1, 0.15) is 5.69 Å². The van der Waals surface area contributed by atoms with E-state index in [9.17, 15) is 4.79 Å². The lowest BCUT2D eigenvalue weighted by Crippen LogP contribution is -2.46. The maximum absolute atomic E-state index is 12.0. The third-order valence-corrected chi connectivity index (χ3v) is 4.16. The lowest BCUT2D eigenvalue weighted by atomic mass is 10.1. The van der Waals surface area contributed by atoms with Crippen LogP contribution in [0.1, 0.15) is 29.3 Å². The van der Waals surface area contributed by atoms with E-state index >= 15 is 0 Å². The van der Waals surface area contributed by atoms with E-state index in [1.54, 1.807) is 11.3 Å². The Kier molecular flexibility index (Phi) is 11.0. The van der Waals surface area contributed by atoms with E-state index < -0.39 is 0 Å². The molecule has 22 heavy (non-hydrogen) atoms. The summed E-state index contributed by atoms with van der Waals surface area (Å²) in [6.07, 6.45) is 0.943. The van der Waals surface area contributed by atoms with Gasteiger partial charge in [-0.1, -0.05) is 13.8 Å². The largest absolute Gasteiger partial charge is 0.349 e. The van der Waals surface area contributed by atoms with Crippen LogP contribution in [0.2, 0.25) is 0 Å². The van der Waals surface area contributed by atoms with Crippen molar-refractivity contribution in [2.45, 2.75) is 20.3 Å². The summed E-state index contributed by atoms with van der Waals surface area (Å²) in [4.78, 5) is 18.7. The molecule has 2 heterocycles. The minimum atomic E-state index is -0.0496. The predicted molar refractivity (Wildman–Crippen MR) is 96.8 cm³/mol. The van der Waals surface area contributed by atoms with Gasteiger partial charge in [0.2, 0.25) is 0 Å². The number of carbonyl (C=O) groups excluding carboxylic acids is 1. The zero-order valence-electron chi connectivity index (χ0n) is 13.1. The van der Waals surface area contributed by atoms with Crippen LogP contribution in [-0.2, 0) is 6.42 Å². The topological polar surface area (TPSA) is 57.3 Å². The van der Waals surface area contributed by atoms with Crippen LogP contribution in [0.4, 0.5) is 0 Å². The number of halogens is 2. The van der Waals surface area contributed by atoms with E-state index in [2.05, 4.69) is 34.4 Å². The molecule has 1 aliphatic rings. The molecule has 1 aromatic heterocycles. The predicted octanol–water partition coefficient (Wildman–Crippen LogP) is 1.82. The molecule has 1 aliphatic heterocycles. The normalized spacial score (nSPS) is 15.0. The minimum absolute atomic E-state index is 0. The van der Waals surface area contributed by atoms with Crippen molar-refractivity contribution in [2.24, 2.45) is 5.92 Å². The molecule has 0 saturated carbocycles. The van der Waals surface area contributed by atoms with E-state index in [0.717, 1.165) is 44.2 Å². The van der Waals surface area contributed by atoms with Crippen molar-refractivity contribution in [3.63, 3.8) is 0 Å². The van der Waals surface area contributed by atoms with Crippen LogP contribution in [-0.4, -0.2) is 55.1 Å². The van der Waals surface area contributed by atoms with Crippen LogP contribution in [0.25, 0.3) is 0 Å². The molecule has 0 bridgehead atoms. The van der Waals surface area contributed by atoms with Crippen LogP contribution in [0.3, 0.4) is 0 Å². The second kappa shape index (κ2) is 11.2. The monoisotopic (exact) mass is 368 g/mol. The number of amides is 1. The van der Waals surface area contributed by atoms with Crippen LogP contribution in [0, 0.1) is 5.92 Å². The fourth-order valence-electron chi connectivity index (χ4n) is 2.21. The second-order valence-electron chi connectivity index (χ2n) is 5.57. The average molecular weight is 369 g/mol. The number of carbonyl (C=O) groups is 1. The fourth-order valence-corrected chi connectivity index (χ4v) is 3.20. The molecule has 1 saturated heterocycles. The Morgan fingerprint density at radius 1 is 1.41 bits per heavy atom. The van der Waals surface area contributed by atoms with E-state index in [1.807, 2.05) is 5.38 Å². The van der Waals surface area contributed by atoms with Gasteiger partial charge in [0.05, 0.1) is 5.01 Å². The number of hydrogen-bond acceptors (Lipinski definition) is 5. The molecule has 0 aliphatic carbocycles. The van der Waals surface area contributed by atoms with Gasteiger partial charge in [0, 0.05) is 51.1 Å². The van der Waals surface area contributed by atoms with Crippen molar-refractivity contribution in [3.05, 3.63) is 16.1 Å². The van der Waals surface area contributed by atoms with Gasteiger partial charge in [-0.25, -0.2) is 4.98 Å². The number of hydrogen-bond donors (Lipinski definition) is 2. The molecule has 2 N–H and O–H groups in total. The summed E-state index contributed by atoms with van der Waals surface area (Å²) in [6.45, 7) is 10.1. The van der Waals surface area contributed by atoms with Crippen molar-refractivity contribution in [1.82, 2.24) is 20.5 Å². The molecule has 0 spiro atoms. The number of rotatable bonds is 6. The zero-order chi connectivity index (χ0) is 14.4. The lowest BCUT2D eigenvalue weighted by molar-refractivity contribution is 0.0943. The Labute approximate surface area is 149 Å². The van der Waals surface area contributed by atoms with E-state index in [0.29, 0.717) is 18.2 Å². The Hall–Kier alpha value is -0.400. The summed E-state index contributed by atoms with van der Waals surface area (Å²) in [5.41, 5.74) is 0.561. The molecule has 8 heteroatoms. The van der Waals surface area contributed by atoms with Gasteiger partial charge < -0.3 is 10.6 Å². The number of thiazole rings is 1. The summed E-state index contributed by atoms with van der Waals surface area (Å²) in [5, 5.41) is 9.18. The smallest absolute Gasteiger partial charge is 0.270 e. The first-order valence-electron chi connectivity index (χ1n) is 7.31. The fraction of sp³-hybridized carbons (Fsp3) is 0.714. The first kappa shape index (κ1) is 21.6. The third-order valence-electron chi connectivity index (χ3n) is 3.29. The summed E-state index contributed by atoms with van der Waals surface area (Å²) in [7, 11) is 0. The zero-order valence-corrected chi connectivity index (χ0v) is 15.6. The first-order valence-corrected chi connectivity index (χ1v) is 8.19. The molecular weight excluding hydrogens is 343 g/mol. The second-order valence-corrected chi connectivity index (χ2v) is 6.51. The number of nitrogens with one attached hydrogen (secondary N) is 2. The summed E-state index contributed by atoms with van der Waals surface area (Å²) in [6, 6.07) is 0. The van der Waals surface area contributed by atoms with E-state index in [1.165, 1.54) is 0 Å². The molecule has 2 rings (SSSR count). The molecule has 0 atom stereocenters. The van der Waals surface area contributed by atoms with Crippen molar-refractivity contribution in [2.75, 3.05) is 39.3 Å². The summed E-state index contributed by atoms with van der Waals surface area (Å²) in [5.74, 6) is 0.524. The molecule has 1 fully saturated rings. The Balaban J connectivity index is 0.00000220. The molecule has 5 nitrogen and oxygen atoms in total. The van der Waals surface area contributed by atoms with Gasteiger partial charge in [-0.3, -0.25) is 9.69 Å². The molecule has 1 aromatic rings. The van der Waals surface area contributed by atoms with Crippen molar-refractivity contribution in [1.29, 1.82) is 0 Å². The quantitative estimate of drug-likeness (QED) is 0.803. The highest BCUT2D eigenvalue weighted by molar-refractivity contribution is 7.09. The number of piperazine rings is 1. The average Bonchev–Trinajstić information content (AvgIpc) is 2.87. The molecule has 0 radical (unpaired) electrons. The lowest BCUT2D eigenvalue weighted by Gasteiger charge is -2.26. The highest BCUT2D eigenvalue weighted by Gasteiger charge is 2.13. The van der Waals surface area contributed by atoms with E-state index in [4.69, 9.17) is 0 Å². The third kappa shape index (κ3) is 7.24. The van der Waals surface area contributed by atoms with Gasteiger partial charge in [0.25, 0.3) is 5.91 Å². The maximum atomic E-state index is 12.0. The summed E-state index contributed by atoms with van der Waals surface area (Å²) < 4.78 is 0. The minimum Gasteiger partial charge on any atom is -0.349 e. The first-order chi connectivity index (χ1) is 9.65. The van der Waals surface area contributed by atoms with Crippen molar-refractivity contribution >= 4 is 42.1 Å². The van der Waals surface area contributed by atoms with Crippen molar-refractivity contribution in [3.8, 4) is 0 Å².